The van der Waals surface area contributed by atoms with Crippen molar-refractivity contribution in [2.45, 2.75) is 45.3 Å². The average molecular weight is 259 g/mol. The van der Waals surface area contributed by atoms with Gasteiger partial charge in [0.25, 0.3) is 0 Å². The molecule has 0 saturated carbocycles. The second-order valence-corrected chi connectivity index (χ2v) is 5.73. The molecule has 2 heterocycles. The van der Waals surface area contributed by atoms with Gasteiger partial charge in [-0.1, -0.05) is 0 Å². The van der Waals surface area contributed by atoms with Crippen LogP contribution in [-0.4, -0.2) is 23.3 Å². The van der Waals surface area contributed by atoms with Crippen molar-refractivity contribution in [3.8, 4) is 6.07 Å². The van der Waals surface area contributed by atoms with E-state index >= 15 is 0 Å². The maximum absolute atomic E-state index is 8.65. The van der Waals surface area contributed by atoms with Crippen molar-refractivity contribution in [1.29, 1.82) is 5.26 Å². The average Bonchev–Trinajstić information content (AvgIpc) is 2.48. The first-order chi connectivity index (χ1) is 8.77. The van der Waals surface area contributed by atoms with Gasteiger partial charge in [-0.15, -0.1) is 0 Å². The highest BCUT2D eigenvalue weighted by Gasteiger charge is 2.52. The molecule has 0 bridgehead atoms. The Bertz CT molecular complexity index is 521. The summed E-state index contributed by atoms with van der Waals surface area (Å²) in [5.41, 5.74) is 7.09. The minimum absolute atomic E-state index is 0.244. The molecule has 1 aromatic rings. The summed E-state index contributed by atoms with van der Waals surface area (Å²) >= 11 is 0. The molecule has 0 atom stereocenters. The molecule has 100 valence electrons. The Morgan fingerprint density at radius 2 is 1.89 bits per heavy atom. The van der Waals surface area contributed by atoms with Crippen LogP contribution in [0.1, 0.15) is 33.4 Å². The molecule has 1 aliphatic rings. The van der Waals surface area contributed by atoms with Crippen LogP contribution < -0.4 is 11.2 Å². The van der Waals surface area contributed by atoms with E-state index in [9.17, 15) is 0 Å². The molecule has 0 aromatic carbocycles. The van der Waals surface area contributed by atoms with Gasteiger partial charge in [0.1, 0.15) is 0 Å². The Morgan fingerprint density at radius 3 is 2.37 bits per heavy atom. The van der Waals surface area contributed by atoms with E-state index < -0.39 is 18.3 Å². The number of aromatic nitrogens is 1. The van der Waals surface area contributed by atoms with Crippen molar-refractivity contribution in [2.24, 2.45) is 0 Å². The van der Waals surface area contributed by atoms with Gasteiger partial charge in [-0.3, -0.25) is 4.98 Å². The Morgan fingerprint density at radius 1 is 1.32 bits per heavy atom. The van der Waals surface area contributed by atoms with Crippen molar-refractivity contribution in [3.05, 3.63) is 18.0 Å². The predicted molar refractivity (Wildman–Crippen MR) is 73.7 cm³/mol. The second kappa shape index (κ2) is 4.51. The minimum atomic E-state index is -0.520. The molecule has 19 heavy (non-hydrogen) atoms. The summed E-state index contributed by atoms with van der Waals surface area (Å²) in [6, 6.07) is 3.74. The Labute approximate surface area is 113 Å². The minimum Gasteiger partial charge on any atom is -0.399 e. The summed E-state index contributed by atoms with van der Waals surface area (Å²) in [4.78, 5) is 4.21. The quantitative estimate of drug-likeness (QED) is 0.802. The van der Waals surface area contributed by atoms with Gasteiger partial charge < -0.3 is 15.0 Å². The highest BCUT2D eigenvalue weighted by atomic mass is 16.7. The lowest BCUT2D eigenvalue weighted by molar-refractivity contribution is 0.00578. The number of hydrogen-bond donors (Lipinski definition) is 1. The van der Waals surface area contributed by atoms with Gasteiger partial charge in [-0.25, -0.2) is 0 Å². The monoisotopic (exact) mass is 259 g/mol. The molecule has 0 aliphatic carbocycles. The molecule has 0 radical (unpaired) electrons. The standard InChI is InChI=1S/C13H18BN3O2/c1-12(2)13(3,4)19-14(18-12)10-8-17-9(5-6-15)7-11(10)16/h7-8H,5H2,1-4H3,(H2,16,17). The van der Waals surface area contributed by atoms with Gasteiger partial charge in [0.15, 0.2) is 0 Å². The summed E-state index contributed by atoms with van der Waals surface area (Å²) in [5, 5.41) is 8.65. The van der Waals surface area contributed by atoms with Crippen LogP contribution in [0.15, 0.2) is 12.3 Å². The topological polar surface area (TPSA) is 81.2 Å². The van der Waals surface area contributed by atoms with Crippen LogP contribution in [-0.2, 0) is 15.7 Å². The van der Waals surface area contributed by atoms with Crippen LogP contribution in [0, 0.1) is 11.3 Å². The van der Waals surface area contributed by atoms with E-state index in [1.165, 1.54) is 0 Å². The van der Waals surface area contributed by atoms with Crippen LogP contribution in [0.4, 0.5) is 5.69 Å². The Kier molecular flexibility index (Phi) is 3.29. The molecule has 1 aliphatic heterocycles. The first kappa shape index (κ1) is 13.8. The van der Waals surface area contributed by atoms with E-state index in [0.29, 0.717) is 16.8 Å². The number of nitrogens with two attached hydrogens (primary N) is 1. The molecule has 6 heteroatoms. The molecule has 0 unspecified atom stereocenters. The van der Waals surface area contributed by atoms with E-state index in [1.807, 2.05) is 33.8 Å². The Hall–Kier alpha value is -1.58. The van der Waals surface area contributed by atoms with Crippen LogP contribution in [0.25, 0.3) is 0 Å². The van der Waals surface area contributed by atoms with Gasteiger partial charge in [0, 0.05) is 17.3 Å². The van der Waals surface area contributed by atoms with Crippen LogP contribution >= 0.6 is 0 Å². The van der Waals surface area contributed by atoms with E-state index in [1.54, 1.807) is 12.3 Å². The van der Waals surface area contributed by atoms with Gasteiger partial charge in [0.05, 0.1) is 29.4 Å². The lowest BCUT2D eigenvalue weighted by atomic mass is 9.79. The molecule has 1 saturated heterocycles. The highest BCUT2D eigenvalue weighted by molar-refractivity contribution is 6.63. The highest BCUT2D eigenvalue weighted by Crippen LogP contribution is 2.36. The number of hydrogen-bond acceptors (Lipinski definition) is 5. The number of anilines is 1. The maximum atomic E-state index is 8.65. The van der Waals surface area contributed by atoms with Crippen molar-refractivity contribution in [2.75, 3.05) is 5.73 Å². The number of pyridine rings is 1. The van der Waals surface area contributed by atoms with E-state index in [0.717, 1.165) is 0 Å². The van der Waals surface area contributed by atoms with Crippen molar-refractivity contribution in [1.82, 2.24) is 4.98 Å². The fourth-order valence-electron chi connectivity index (χ4n) is 1.87. The van der Waals surface area contributed by atoms with Gasteiger partial charge in [-0.2, -0.15) is 5.26 Å². The fourth-order valence-corrected chi connectivity index (χ4v) is 1.87. The first-order valence-corrected chi connectivity index (χ1v) is 6.24. The van der Waals surface area contributed by atoms with E-state index in [2.05, 4.69) is 4.98 Å². The molecule has 1 fully saturated rings. The third-order valence-corrected chi connectivity index (χ3v) is 3.79. The summed E-state index contributed by atoms with van der Waals surface area (Å²) in [5.74, 6) is 0. The normalized spacial score (nSPS) is 20.3. The third kappa shape index (κ3) is 2.44. The maximum Gasteiger partial charge on any atom is 0.498 e. The molecule has 0 amide bonds. The first-order valence-electron chi connectivity index (χ1n) is 6.24. The van der Waals surface area contributed by atoms with Crippen molar-refractivity contribution < 1.29 is 9.31 Å². The number of nitriles is 1. The van der Waals surface area contributed by atoms with Gasteiger partial charge >= 0.3 is 7.12 Å². The second-order valence-electron chi connectivity index (χ2n) is 5.73. The number of rotatable bonds is 2. The lowest BCUT2D eigenvalue weighted by Gasteiger charge is -2.32. The zero-order chi connectivity index (χ0) is 14.3. The largest absolute Gasteiger partial charge is 0.498 e. The van der Waals surface area contributed by atoms with Crippen molar-refractivity contribution >= 4 is 18.3 Å². The van der Waals surface area contributed by atoms with Gasteiger partial charge in [0.2, 0.25) is 0 Å². The van der Waals surface area contributed by atoms with E-state index in [-0.39, 0.29) is 6.42 Å². The molecule has 2 rings (SSSR count). The number of nitrogens with zero attached hydrogens (tertiary/aromatic N) is 2. The summed E-state index contributed by atoms with van der Waals surface area (Å²) in [6.45, 7) is 7.95. The van der Waals surface area contributed by atoms with Gasteiger partial charge in [-0.05, 0) is 33.8 Å². The van der Waals surface area contributed by atoms with E-state index in [4.69, 9.17) is 20.3 Å². The van der Waals surface area contributed by atoms with Crippen LogP contribution in [0.3, 0.4) is 0 Å². The Balaban J connectivity index is 2.28. The van der Waals surface area contributed by atoms with Crippen molar-refractivity contribution in [3.63, 3.8) is 0 Å². The third-order valence-electron chi connectivity index (χ3n) is 3.79. The SMILES string of the molecule is CC1(C)OB(c2cnc(CC#N)cc2N)OC1(C)C. The van der Waals surface area contributed by atoms with Crippen LogP contribution in [0.5, 0.6) is 0 Å². The lowest BCUT2D eigenvalue weighted by Crippen LogP contribution is -2.41. The number of nitrogen functional groups attached to an aromatic ring is 1. The summed E-state index contributed by atoms with van der Waals surface area (Å²) in [6.07, 6.45) is 1.87. The summed E-state index contributed by atoms with van der Waals surface area (Å²) in [7, 11) is -0.520. The zero-order valence-corrected chi connectivity index (χ0v) is 11.7. The fraction of sp³-hybridized carbons (Fsp3) is 0.538. The zero-order valence-electron chi connectivity index (χ0n) is 11.7. The predicted octanol–water partition coefficient (Wildman–Crippen LogP) is 1.03. The molecular formula is C13H18BN3O2. The molecule has 1 aromatic heterocycles. The molecule has 0 spiro atoms. The molecule has 2 N–H and O–H groups in total. The molecular weight excluding hydrogens is 241 g/mol. The smallest absolute Gasteiger partial charge is 0.399 e. The summed E-state index contributed by atoms with van der Waals surface area (Å²) < 4.78 is 11.8. The van der Waals surface area contributed by atoms with Crippen LogP contribution in [0.2, 0.25) is 0 Å². The molecule has 5 nitrogen and oxygen atoms in total.